The highest BCUT2D eigenvalue weighted by molar-refractivity contribution is 7.00. The van der Waals surface area contributed by atoms with Crippen LogP contribution in [0.4, 0.5) is 22.7 Å². The lowest BCUT2D eigenvalue weighted by atomic mass is 9.33. The third kappa shape index (κ3) is 5.39. The minimum Gasteiger partial charge on any atom is -0.335 e. The molecule has 13 rings (SSSR count). The second-order valence-electron chi connectivity index (χ2n) is 28.1. The molecule has 4 unspecified atom stereocenters. The summed E-state index contributed by atoms with van der Waals surface area (Å²) < 4.78 is 2.76. The van der Waals surface area contributed by atoms with E-state index >= 15 is 0 Å². The molecule has 5 heterocycles. The smallest absolute Gasteiger partial charge is 0.252 e. The topological polar surface area (TPSA) is 11.4 Å². The molecule has 1 aromatic heterocycles. The highest BCUT2D eigenvalue weighted by atomic mass is 15.3. The monoisotopic (exact) mass is 922 g/mol. The molecule has 6 aliphatic rings. The number of aromatic nitrogens is 1. The van der Waals surface area contributed by atoms with Gasteiger partial charge in [-0.2, -0.15) is 0 Å². The first kappa shape index (κ1) is 44.7. The maximum Gasteiger partial charge on any atom is 0.252 e. The predicted octanol–water partition coefficient (Wildman–Crippen LogP) is 15.1. The second kappa shape index (κ2) is 13.4. The van der Waals surface area contributed by atoms with Crippen molar-refractivity contribution in [1.82, 2.24) is 4.57 Å². The van der Waals surface area contributed by atoms with Crippen LogP contribution in [0.2, 0.25) is 0 Å². The van der Waals surface area contributed by atoms with Crippen LogP contribution in [-0.2, 0) is 44.4 Å². The summed E-state index contributed by atoms with van der Waals surface area (Å²) in [6.07, 6.45) is 7.10. The van der Waals surface area contributed by atoms with Crippen molar-refractivity contribution in [3.05, 3.63) is 142 Å². The molecule has 0 bridgehead atoms. The van der Waals surface area contributed by atoms with Crippen LogP contribution in [0.5, 0.6) is 0 Å². The van der Waals surface area contributed by atoms with Crippen LogP contribution in [0.3, 0.4) is 0 Å². The van der Waals surface area contributed by atoms with Crippen molar-refractivity contribution in [3.63, 3.8) is 0 Å². The van der Waals surface area contributed by atoms with Crippen molar-refractivity contribution in [2.75, 3.05) is 9.80 Å². The van der Waals surface area contributed by atoms with Crippen LogP contribution in [0.15, 0.2) is 97.1 Å². The Bertz CT molecular complexity index is 3470. The number of rotatable bonds is 1. The maximum absolute atomic E-state index is 2.97. The first-order valence-corrected chi connectivity index (χ1v) is 27.1. The molecule has 0 amide bonds. The van der Waals surface area contributed by atoms with Crippen molar-refractivity contribution >= 4 is 67.7 Å². The molecule has 1 saturated carbocycles. The van der Waals surface area contributed by atoms with Crippen LogP contribution < -0.4 is 26.2 Å². The molecule has 1 fully saturated rings. The summed E-state index contributed by atoms with van der Waals surface area (Å²) in [6.45, 7) is 39.4. The summed E-state index contributed by atoms with van der Waals surface area (Å²) >= 11 is 0. The third-order valence-electron chi connectivity index (χ3n) is 20.1. The van der Waals surface area contributed by atoms with Gasteiger partial charge in [0.2, 0.25) is 0 Å². The SMILES string of the molecule is CC(C)(C)c1cc2c3c(c1)C1(C)CCCCC1(C)N3c1cc(N3c4ccc(C(C)(C)C)cc4C4(C)CCc5ccccc5C34C)cc3c1B2c1cc(C(C)(C)C)cc2c4cc(C(C)(C)C)ccc4n-3c12. The van der Waals surface area contributed by atoms with Gasteiger partial charge in [0.1, 0.15) is 0 Å². The zero-order chi connectivity index (χ0) is 49.4. The molecule has 6 aromatic carbocycles. The molecule has 4 atom stereocenters. The summed E-state index contributed by atoms with van der Waals surface area (Å²) in [5.41, 5.74) is 25.3. The average Bonchev–Trinajstić information content (AvgIpc) is 3.81. The van der Waals surface area contributed by atoms with Crippen LogP contribution in [0, 0.1) is 0 Å². The first-order valence-electron chi connectivity index (χ1n) is 27.1. The summed E-state index contributed by atoms with van der Waals surface area (Å²) in [5.74, 6) is 0. The van der Waals surface area contributed by atoms with Crippen LogP contribution in [-0.4, -0.2) is 16.8 Å². The maximum atomic E-state index is 2.97. The largest absolute Gasteiger partial charge is 0.335 e. The molecule has 0 radical (unpaired) electrons. The van der Waals surface area contributed by atoms with Gasteiger partial charge in [0.05, 0.1) is 16.6 Å². The average molecular weight is 922 g/mol. The van der Waals surface area contributed by atoms with Gasteiger partial charge in [-0.15, -0.1) is 0 Å². The Kier molecular flexibility index (Phi) is 8.58. The minimum atomic E-state index is -0.335. The van der Waals surface area contributed by atoms with E-state index in [-0.39, 0.29) is 50.3 Å². The lowest BCUT2D eigenvalue weighted by molar-refractivity contribution is 0.195. The molecule has 70 heavy (non-hydrogen) atoms. The van der Waals surface area contributed by atoms with Gasteiger partial charge in [0.25, 0.3) is 6.71 Å². The number of fused-ring (bicyclic) bond motifs is 15. The standard InChI is InChI=1S/C66H76BN3/c1-59(2,3)40-23-25-52-45(31-40)46-32-42(61(7,8)9)35-50-57(46)68(52)54-37-44(69-53-26-24-41(60(4,5)6)33-48(53)64(14)30-27-39-21-17-18-22-47(39)66(64,69)16)38-55-56(54)67(50)51-36-43(62(10,11)12)34-49-58(51)70(55)65(15)29-20-19-28-63(49,65)13/h17-18,21-26,31-38H,19-20,27-30H2,1-16H3. The summed E-state index contributed by atoms with van der Waals surface area (Å²) in [5, 5.41) is 2.76. The van der Waals surface area contributed by atoms with Crippen molar-refractivity contribution in [3.8, 4) is 5.69 Å². The van der Waals surface area contributed by atoms with E-state index in [2.05, 4.69) is 222 Å². The van der Waals surface area contributed by atoms with Gasteiger partial charge in [-0.25, -0.2) is 0 Å². The van der Waals surface area contributed by atoms with Gasteiger partial charge in [-0.3, -0.25) is 0 Å². The van der Waals surface area contributed by atoms with E-state index in [0.29, 0.717) is 0 Å². The summed E-state index contributed by atoms with van der Waals surface area (Å²) in [4.78, 5) is 5.83. The van der Waals surface area contributed by atoms with Crippen molar-refractivity contribution in [1.29, 1.82) is 0 Å². The van der Waals surface area contributed by atoms with Gasteiger partial charge in [-0.1, -0.05) is 170 Å². The quantitative estimate of drug-likeness (QED) is 0.152. The Morgan fingerprint density at radius 2 is 1.09 bits per heavy atom. The Balaban J connectivity index is 1.22. The molecule has 358 valence electrons. The predicted molar refractivity (Wildman–Crippen MR) is 301 cm³/mol. The fraction of sp³-hybridized carbons (Fsp3) is 0.455. The van der Waals surface area contributed by atoms with Gasteiger partial charge >= 0.3 is 0 Å². The fourth-order valence-electron chi connectivity index (χ4n) is 15.5. The molecular weight excluding hydrogens is 846 g/mol. The second-order valence-corrected chi connectivity index (χ2v) is 28.1. The molecule has 0 spiro atoms. The molecule has 7 aromatic rings. The highest BCUT2D eigenvalue weighted by Crippen LogP contribution is 2.66. The molecule has 0 N–H and O–H groups in total. The van der Waals surface area contributed by atoms with Crippen molar-refractivity contribution < 1.29 is 0 Å². The summed E-state index contributed by atoms with van der Waals surface area (Å²) in [7, 11) is 0. The number of aryl methyl sites for hydroxylation is 1. The van der Waals surface area contributed by atoms with E-state index < -0.39 is 0 Å². The zero-order valence-electron chi connectivity index (χ0n) is 45.4. The lowest BCUT2D eigenvalue weighted by Gasteiger charge is -2.53. The number of hydrogen-bond acceptors (Lipinski definition) is 2. The highest BCUT2D eigenvalue weighted by Gasteiger charge is 2.63. The molecule has 4 aliphatic heterocycles. The van der Waals surface area contributed by atoms with Gasteiger partial charge in [-0.05, 0) is 158 Å². The van der Waals surface area contributed by atoms with Crippen LogP contribution in [0.25, 0.3) is 27.5 Å². The number of anilines is 4. The Hall–Kier alpha value is -5.22. The molecule has 2 aliphatic carbocycles. The van der Waals surface area contributed by atoms with E-state index in [9.17, 15) is 0 Å². The summed E-state index contributed by atoms with van der Waals surface area (Å²) in [6, 6.07) is 40.5. The molecule has 4 heteroatoms. The van der Waals surface area contributed by atoms with Gasteiger partial charge in [0, 0.05) is 55.6 Å². The Labute approximate surface area is 420 Å². The van der Waals surface area contributed by atoms with Crippen molar-refractivity contribution in [2.24, 2.45) is 0 Å². The van der Waals surface area contributed by atoms with E-state index in [1.54, 1.807) is 5.56 Å². The van der Waals surface area contributed by atoms with E-state index in [4.69, 9.17) is 0 Å². The van der Waals surface area contributed by atoms with Crippen molar-refractivity contribution in [2.45, 2.75) is 193 Å². The van der Waals surface area contributed by atoms with Crippen LogP contribution in [0.1, 0.15) is 187 Å². The van der Waals surface area contributed by atoms with Crippen LogP contribution >= 0.6 is 0 Å². The first-order chi connectivity index (χ1) is 32.7. The van der Waals surface area contributed by atoms with Gasteiger partial charge < -0.3 is 14.4 Å². The van der Waals surface area contributed by atoms with E-state index in [1.807, 2.05) is 0 Å². The third-order valence-corrected chi connectivity index (χ3v) is 20.1. The Morgan fingerprint density at radius 3 is 1.80 bits per heavy atom. The molecule has 3 nitrogen and oxygen atoms in total. The molecule has 0 saturated heterocycles. The number of benzene rings is 6. The van der Waals surface area contributed by atoms with Gasteiger partial charge in [0.15, 0.2) is 0 Å². The molecular formula is C66H76BN3. The van der Waals surface area contributed by atoms with E-state index in [1.165, 1.54) is 131 Å². The zero-order valence-corrected chi connectivity index (χ0v) is 45.4. The van der Waals surface area contributed by atoms with E-state index in [0.717, 1.165) is 12.8 Å². The normalized spacial score (nSPS) is 25.2. The Morgan fingerprint density at radius 1 is 0.486 bits per heavy atom. The number of hydrogen-bond donors (Lipinski definition) is 0. The number of nitrogens with zero attached hydrogens (tertiary/aromatic N) is 3. The fourth-order valence-corrected chi connectivity index (χ4v) is 15.5. The lowest BCUT2D eigenvalue weighted by Crippen LogP contribution is -2.64. The minimum absolute atomic E-state index is 0.00258.